The van der Waals surface area contributed by atoms with Crippen LogP contribution in [0.15, 0.2) is 190 Å². The van der Waals surface area contributed by atoms with Crippen molar-refractivity contribution in [2.45, 2.75) is 430 Å². The van der Waals surface area contributed by atoms with E-state index in [1.54, 1.807) is 20.3 Å². The van der Waals surface area contributed by atoms with Crippen LogP contribution in [-0.2, 0) is 25.4 Å². The van der Waals surface area contributed by atoms with Crippen LogP contribution >= 0.6 is 0 Å². The molecule has 0 unspecified atom stereocenters. The molecule has 2 N–H and O–H groups in total. The lowest BCUT2D eigenvalue weighted by molar-refractivity contribution is -0.214. The summed E-state index contributed by atoms with van der Waals surface area (Å²) in [6.07, 6.45) is 72.2. The molecular weight excluding hydrogens is 1460 g/mol. The molecule has 11 atom stereocenters. The molecule has 1 heterocycles. The molecule has 2 aliphatic carbocycles. The Morgan fingerprint density at radius 2 is 0.992 bits per heavy atom. The smallest absolute Gasteiger partial charge is 0.187 e. The normalized spacial score (nSPS) is 20.5. The van der Waals surface area contributed by atoms with Crippen LogP contribution in [0.25, 0.3) is 0 Å². The van der Waals surface area contributed by atoms with Gasteiger partial charge in [-0.2, -0.15) is 0 Å². The maximum absolute atomic E-state index is 15.3. The maximum Gasteiger partial charge on any atom is 0.187 e. The number of phenolic OH excluding ortho intramolecular Hbond substituents is 1. The maximum atomic E-state index is 15.3. The zero-order valence-corrected chi connectivity index (χ0v) is 80.4. The molecule has 1 fully saturated rings. The monoisotopic (exact) mass is 1640 g/mol. The molecule has 1 aromatic rings. The van der Waals surface area contributed by atoms with E-state index in [-0.39, 0.29) is 58.6 Å². The summed E-state index contributed by atoms with van der Waals surface area (Å²) in [6, 6.07) is 3.66. The van der Waals surface area contributed by atoms with E-state index in [0.717, 1.165) is 143 Å². The largest absolute Gasteiger partial charge is 0.504 e. The lowest BCUT2D eigenvalue weighted by atomic mass is 9.70. The summed E-state index contributed by atoms with van der Waals surface area (Å²) < 4.78 is 33.8. The number of carbonyl (C=O) groups excluding carboxylic acids is 1. The third-order valence-corrected chi connectivity index (χ3v) is 27.3. The molecule has 0 saturated carbocycles. The van der Waals surface area contributed by atoms with Gasteiger partial charge < -0.3 is 33.9 Å². The predicted molar refractivity (Wildman–Crippen MR) is 515 cm³/mol. The minimum absolute atomic E-state index is 0.0824. The fraction of sp³-hybridized carbons (Fsp3) is 0.667. The second-order valence-electron chi connectivity index (χ2n) is 39.2. The molecular formula is C111H178O8. The number of methoxy groups -OCH3 is 2. The fourth-order valence-electron chi connectivity index (χ4n) is 17.8. The lowest BCUT2D eigenvalue weighted by Crippen LogP contribution is -2.51. The SMILES string of the molecule is C=C(C)[C@H](C)CCC(=C)[C@H](C)CC[C@@](C)(O)[C@@H]1CC[C@@H]([C@@](C)(CC[C@@H](C)C(=C)CC[C@H](C)C(=C)C)O[C@@H](CCCCCCCCCCCCCCCCCCCc2cc(OC)cc(OC)c2O)[C@@H](CCCCCCCC)O[C@H]2CC(C)(C)C(/C=C/C(C)=C/C=C/C(C)=C/C=C/C=C(C)/C=C/C=C(C)/C=C/C3=C(C)CCCC3(C)C)=C(C)C2=O)O1. The van der Waals surface area contributed by atoms with Gasteiger partial charge in [0, 0.05) is 11.6 Å². The molecule has 1 saturated heterocycles. The average Bonchev–Trinajstić information content (AvgIpc) is 1.70. The van der Waals surface area contributed by atoms with Crippen LogP contribution in [0.5, 0.6) is 17.2 Å². The van der Waals surface area contributed by atoms with Gasteiger partial charge in [0.2, 0.25) is 0 Å². The number of ketones is 1. The summed E-state index contributed by atoms with van der Waals surface area (Å²) >= 11 is 0. The van der Waals surface area contributed by atoms with Gasteiger partial charge in [-0.3, -0.25) is 4.79 Å². The van der Waals surface area contributed by atoms with Crippen LogP contribution in [0.2, 0.25) is 0 Å². The average molecular weight is 1640 g/mol. The first-order valence-corrected chi connectivity index (χ1v) is 47.8. The zero-order chi connectivity index (χ0) is 88.1. The van der Waals surface area contributed by atoms with Crippen molar-refractivity contribution in [1.82, 2.24) is 0 Å². The zero-order valence-electron chi connectivity index (χ0n) is 80.4. The Bertz CT molecular complexity index is 3590. The van der Waals surface area contributed by atoms with Crippen molar-refractivity contribution in [3.05, 3.63) is 196 Å². The number of hydrogen-bond donors (Lipinski definition) is 2. The molecule has 0 amide bonds. The van der Waals surface area contributed by atoms with Crippen LogP contribution in [0.4, 0.5) is 0 Å². The highest BCUT2D eigenvalue weighted by Gasteiger charge is 2.49. The first-order chi connectivity index (χ1) is 56.5. The number of aliphatic hydroxyl groups is 1. The Labute approximate surface area is 732 Å². The molecule has 3 aliphatic rings. The molecule has 8 heteroatoms. The Balaban J connectivity index is 1.55. The highest BCUT2D eigenvalue weighted by Crippen LogP contribution is 2.46. The molecule has 119 heavy (non-hydrogen) atoms. The van der Waals surface area contributed by atoms with E-state index in [1.807, 2.05) is 19.9 Å². The van der Waals surface area contributed by atoms with Gasteiger partial charge in [-0.15, -0.1) is 0 Å². The Morgan fingerprint density at radius 3 is 1.47 bits per heavy atom. The van der Waals surface area contributed by atoms with Crippen LogP contribution < -0.4 is 9.47 Å². The lowest BCUT2D eigenvalue weighted by Gasteiger charge is -2.44. The fourth-order valence-corrected chi connectivity index (χ4v) is 17.8. The quantitative estimate of drug-likeness (QED) is 0.0378. The van der Waals surface area contributed by atoms with E-state index in [1.165, 1.54) is 179 Å². The van der Waals surface area contributed by atoms with E-state index in [0.29, 0.717) is 30.4 Å². The number of carbonyl (C=O) groups is 1. The third-order valence-electron chi connectivity index (χ3n) is 27.3. The summed E-state index contributed by atoms with van der Waals surface area (Å²) in [7, 11) is 3.23. The van der Waals surface area contributed by atoms with Crippen molar-refractivity contribution in [3.8, 4) is 17.2 Å². The first kappa shape index (κ1) is 106. The highest BCUT2D eigenvalue weighted by molar-refractivity contribution is 6.00. The van der Waals surface area contributed by atoms with Gasteiger partial charge >= 0.3 is 0 Å². The molecule has 1 aliphatic heterocycles. The van der Waals surface area contributed by atoms with Gasteiger partial charge in [0.25, 0.3) is 0 Å². The summed E-state index contributed by atoms with van der Waals surface area (Å²) in [6.45, 7) is 60.0. The number of ether oxygens (including phenoxy) is 5. The van der Waals surface area contributed by atoms with E-state index in [9.17, 15) is 10.2 Å². The first-order valence-electron chi connectivity index (χ1n) is 47.8. The topological polar surface area (TPSA) is 104 Å². The number of benzene rings is 1. The summed E-state index contributed by atoms with van der Waals surface area (Å²) in [5.74, 6) is 2.94. The van der Waals surface area contributed by atoms with Crippen molar-refractivity contribution < 1.29 is 38.7 Å². The molecule has 0 radical (unpaired) electrons. The van der Waals surface area contributed by atoms with Crippen LogP contribution in [0, 0.1) is 34.5 Å². The number of rotatable bonds is 62. The molecule has 0 aromatic heterocycles. The van der Waals surface area contributed by atoms with Crippen LogP contribution in [-0.4, -0.2) is 71.9 Å². The predicted octanol–water partition coefficient (Wildman–Crippen LogP) is 32.3. The van der Waals surface area contributed by atoms with Gasteiger partial charge in [-0.05, 0) is 242 Å². The molecule has 670 valence electrons. The van der Waals surface area contributed by atoms with E-state index >= 15 is 4.79 Å². The third kappa shape index (κ3) is 39.7. The Morgan fingerprint density at radius 1 is 0.546 bits per heavy atom. The van der Waals surface area contributed by atoms with E-state index < -0.39 is 17.3 Å². The second-order valence-corrected chi connectivity index (χ2v) is 39.2. The van der Waals surface area contributed by atoms with Gasteiger partial charge in [0.1, 0.15) is 11.9 Å². The molecule has 1 aromatic carbocycles. The molecule has 4 rings (SSSR count). The minimum Gasteiger partial charge on any atom is -0.504 e. The minimum atomic E-state index is -1.03. The van der Waals surface area contributed by atoms with Crippen molar-refractivity contribution >= 4 is 5.78 Å². The van der Waals surface area contributed by atoms with Crippen molar-refractivity contribution in [3.63, 3.8) is 0 Å². The van der Waals surface area contributed by atoms with Crippen molar-refractivity contribution in [2.24, 2.45) is 34.5 Å². The summed E-state index contributed by atoms with van der Waals surface area (Å²) in [4.78, 5) is 15.3. The standard InChI is InChI=1S/C111H178O8/c1-26-27-28-29-44-47-62-100(117-103-81-109(20,21)99(95(17)106(103)112)71-65-87(9)59-52-57-85(7)55-50-49-54-84(6)56-51-58-86(8)64-70-98-94(16)60-53-76-108(98,18)19)101(63-48-45-42-40-38-36-34-32-30-31-33-35-37-39-41-43-46-61-96-79-97(115-24)80-102(116-25)107(96)113)119-111(23,78-75-93(15)91(13)69-67-89(11)83(4)5)105-73-72-104(118-105)110(22,114)77-74-92(14)90(12)68-66-88(10)82(2)3/h49-52,54-59,64-65,70-71,79-80,88-89,92-93,100-101,103-105,113-114H,2,4,12-13,26-48,53,60-63,66-69,72-78,81H2,1,3,5-11,14-25H3/b50-49+,56-51+,57-52+,70-64+,71-65+,84-54+,85-55+,86-58+,87-59+/t88-,89+,92-,93-,100-,101+,103+,104+,105+,110-,111-/m1/s1. The van der Waals surface area contributed by atoms with Crippen LogP contribution in [0.1, 0.15) is 388 Å². The Kier molecular flexibility index (Phi) is 49.8. The number of allylic oxidation sites excluding steroid dienone is 25. The summed E-state index contributed by atoms with van der Waals surface area (Å²) in [5, 5.41) is 23.2. The molecule has 0 spiro atoms. The molecule has 0 bridgehead atoms. The van der Waals surface area contributed by atoms with Gasteiger partial charge in [-0.1, -0.05) is 365 Å². The summed E-state index contributed by atoms with van der Waals surface area (Å²) in [5.41, 5.74) is 13.6. The second kappa shape index (κ2) is 56.2. The highest BCUT2D eigenvalue weighted by atomic mass is 16.6. The number of aryl methyl sites for hydroxylation is 1. The van der Waals surface area contributed by atoms with Crippen molar-refractivity contribution in [1.29, 1.82) is 0 Å². The van der Waals surface area contributed by atoms with E-state index in [4.69, 9.17) is 30.3 Å². The van der Waals surface area contributed by atoms with Crippen molar-refractivity contribution in [2.75, 3.05) is 14.2 Å². The molecule has 8 nitrogen and oxygen atoms in total. The van der Waals surface area contributed by atoms with Crippen LogP contribution in [0.3, 0.4) is 0 Å². The van der Waals surface area contributed by atoms with E-state index in [2.05, 4.69) is 223 Å². The number of unbranched alkanes of at least 4 members (excludes halogenated alkanes) is 21. The van der Waals surface area contributed by atoms with Gasteiger partial charge in [0.05, 0.1) is 49.8 Å². The number of Topliss-reactive ketones (excluding diaryl/α,β-unsaturated/α-hetero) is 1. The number of phenols is 1. The van der Waals surface area contributed by atoms with Gasteiger partial charge in [0.15, 0.2) is 17.3 Å². The number of aromatic hydroxyl groups is 1. The van der Waals surface area contributed by atoms with Gasteiger partial charge in [-0.25, -0.2) is 0 Å². The Hall–Kier alpha value is -5.77. The number of hydrogen-bond acceptors (Lipinski definition) is 8.